The molecular weight excluding hydrogens is 218 g/mol. The maximum absolute atomic E-state index is 11.4. The van der Waals surface area contributed by atoms with Gasteiger partial charge in [-0.05, 0) is 19.1 Å². The minimum absolute atomic E-state index is 0.258. The first-order chi connectivity index (χ1) is 7.68. The van der Waals surface area contributed by atoms with Crippen molar-refractivity contribution in [1.82, 2.24) is 4.98 Å². The van der Waals surface area contributed by atoms with Gasteiger partial charge in [0.15, 0.2) is 0 Å². The molecule has 1 heterocycles. The molecule has 80 valence electrons. The maximum atomic E-state index is 11.4. The highest BCUT2D eigenvalue weighted by atomic mass is 32.1. The van der Waals surface area contributed by atoms with Crippen LogP contribution in [0.4, 0.5) is 0 Å². The van der Waals surface area contributed by atoms with Crippen molar-refractivity contribution >= 4 is 17.7 Å². The van der Waals surface area contributed by atoms with E-state index in [1.54, 1.807) is 6.07 Å². The molecule has 16 heavy (non-hydrogen) atoms. The van der Waals surface area contributed by atoms with E-state index >= 15 is 0 Å². The molecular formula is C13H11NOS. The fourth-order valence-corrected chi connectivity index (χ4v) is 1.73. The monoisotopic (exact) mass is 229 g/mol. The summed E-state index contributed by atoms with van der Waals surface area (Å²) in [6, 6.07) is 13.2. The van der Waals surface area contributed by atoms with Crippen LogP contribution in [-0.2, 0) is 0 Å². The summed E-state index contributed by atoms with van der Waals surface area (Å²) in [6.45, 7) is 1.90. The minimum atomic E-state index is -0.258. The number of carbonyl (C=O) groups excluding carboxylic acids is 1. The van der Waals surface area contributed by atoms with E-state index in [1.165, 1.54) is 0 Å². The number of nitrogens with zero attached hydrogens (tertiary/aromatic N) is 1. The minimum Gasteiger partial charge on any atom is -0.282 e. The van der Waals surface area contributed by atoms with Crippen molar-refractivity contribution in [3.8, 4) is 11.3 Å². The summed E-state index contributed by atoms with van der Waals surface area (Å²) < 4.78 is 0. The standard InChI is InChI=1S/C13H11NOS/c1-9-7-8-11(13(15)16)12(14-9)10-5-3-2-4-6-10/h2-8H,1H3,(H,15,16). The van der Waals surface area contributed by atoms with Crippen LogP contribution in [0.2, 0.25) is 0 Å². The van der Waals surface area contributed by atoms with Gasteiger partial charge in [-0.2, -0.15) is 0 Å². The Morgan fingerprint density at radius 2 is 1.81 bits per heavy atom. The van der Waals surface area contributed by atoms with E-state index in [0.717, 1.165) is 11.3 Å². The molecule has 2 nitrogen and oxygen atoms in total. The Hall–Kier alpha value is -1.61. The molecule has 1 aromatic heterocycles. The van der Waals surface area contributed by atoms with E-state index in [-0.39, 0.29) is 5.12 Å². The van der Waals surface area contributed by atoms with E-state index in [4.69, 9.17) is 0 Å². The SMILES string of the molecule is Cc1ccc(C(=O)S)c(-c2ccccc2)n1. The zero-order valence-electron chi connectivity index (χ0n) is 8.84. The molecule has 0 saturated carbocycles. The largest absolute Gasteiger partial charge is 0.282 e. The number of hydrogen-bond donors (Lipinski definition) is 1. The number of aromatic nitrogens is 1. The Morgan fingerprint density at radius 1 is 1.12 bits per heavy atom. The van der Waals surface area contributed by atoms with Gasteiger partial charge in [-0.3, -0.25) is 9.78 Å². The predicted molar refractivity (Wildman–Crippen MR) is 67.7 cm³/mol. The van der Waals surface area contributed by atoms with Crippen molar-refractivity contribution in [2.24, 2.45) is 0 Å². The Balaban J connectivity index is 2.63. The summed E-state index contributed by atoms with van der Waals surface area (Å²) in [4.78, 5) is 15.8. The summed E-state index contributed by atoms with van der Waals surface area (Å²) >= 11 is 3.86. The molecule has 0 aliphatic heterocycles. The van der Waals surface area contributed by atoms with Gasteiger partial charge in [0.25, 0.3) is 0 Å². The van der Waals surface area contributed by atoms with Gasteiger partial charge in [-0.1, -0.05) is 30.3 Å². The lowest BCUT2D eigenvalue weighted by Gasteiger charge is -2.06. The first kappa shape index (κ1) is 10.9. The highest BCUT2D eigenvalue weighted by Crippen LogP contribution is 2.22. The number of benzene rings is 1. The lowest BCUT2D eigenvalue weighted by Crippen LogP contribution is -1.98. The molecule has 0 saturated heterocycles. The van der Waals surface area contributed by atoms with E-state index in [1.807, 2.05) is 43.3 Å². The second-order valence-electron chi connectivity index (χ2n) is 3.52. The summed E-state index contributed by atoms with van der Waals surface area (Å²) in [5.41, 5.74) is 3.06. The van der Waals surface area contributed by atoms with Crippen LogP contribution in [0, 0.1) is 6.92 Å². The summed E-state index contributed by atoms with van der Waals surface area (Å²) in [7, 11) is 0. The van der Waals surface area contributed by atoms with Gasteiger partial charge >= 0.3 is 0 Å². The Labute approximate surface area is 99.8 Å². The van der Waals surface area contributed by atoms with Gasteiger partial charge < -0.3 is 0 Å². The van der Waals surface area contributed by atoms with Crippen molar-refractivity contribution in [2.45, 2.75) is 6.92 Å². The van der Waals surface area contributed by atoms with Crippen LogP contribution in [0.3, 0.4) is 0 Å². The van der Waals surface area contributed by atoms with Crippen LogP contribution < -0.4 is 0 Å². The number of pyridine rings is 1. The van der Waals surface area contributed by atoms with Gasteiger partial charge in [0.1, 0.15) is 0 Å². The van der Waals surface area contributed by atoms with Crippen LogP contribution in [0.1, 0.15) is 16.1 Å². The molecule has 2 aromatic rings. The second-order valence-corrected chi connectivity index (χ2v) is 3.93. The van der Waals surface area contributed by atoms with Crippen LogP contribution in [-0.4, -0.2) is 10.1 Å². The first-order valence-electron chi connectivity index (χ1n) is 4.95. The third-order valence-corrected chi connectivity index (χ3v) is 2.55. The van der Waals surface area contributed by atoms with Crippen molar-refractivity contribution in [3.63, 3.8) is 0 Å². The molecule has 0 spiro atoms. The zero-order chi connectivity index (χ0) is 11.5. The lowest BCUT2D eigenvalue weighted by molar-refractivity contribution is 0.109. The van der Waals surface area contributed by atoms with Crippen molar-refractivity contribution in [3.05, 3.63) is 53.7 Å². The summed E-state index contributed by atoms with van der Waals surface area (Å²) in [5, 5.41) is -0.258. The molecule has 1 aromatic carbocycles. The molecule has 0 atom stereocenters. The molecule has 3 heteroatoms. The van der Waals surface area contributed by atoms with Gasteiger partial charge in [-0.15, -0.1) is 12.6 Å². The normalized spacial score (nSPS) is 10.1. The number of hydrogen-bond acceptors (Lipinski definition) is 2. The Bertz CT molecular complexity index is 523. The quantitative estimate of drug-likeness (QED) is 0.802. The molecule has 0 radical (unpaired) electrons. The van der Waals surface area contributed by atoms with Crippen LogP contribution in [0.25, 0.3) is 11.3 Å². The lowest BCUT2D eigenvalue weighted by atomic mass is 10.1. The van der Waals surface area contributed by atoms with E-state index in [9.17, 15) is 4.79 Å². The highest BCUT2D eigenvalue weighted by Gasteiger charge is 2.10. The third-order valence-electron chi connectivity index (χ3n) is 2.31. The van der Waals surface area contributed by atoms with Gasteiger partial charge in [-0.25, -0.2) is 0 Å². The van der Waals surface area contributed by atoms with Crippen LogP contribution in [0.15, 0.2) is 42.5 Å². The summed E-state index contributed by atoms with van der Waals surface area (Å²) in [5.74, 6) is 0. The predicted octanol–water partition coefficient (Wildman–Crippen LogP) is 3.13. The van der Waals surface area contributed by atoms with Crippen molar-refractivity contribution in [2.75, 3.05) is 0 Å². The Kier molecular flexibility index (Phi) is 3.06. The third kappa shape index (κ3) is 2.14. The van der Waals surface area contributed by atoms with Gasteiger partial charge in [0.2, 0.25) is 5.12 Å². The average molecular weight is 229 g/mol. The molecule has 0 aliphatic rings. The average Bonchev–Trinajstić information content (AvgIpc) is 2.29. The molecule has 0 fully saturated rings. The molecule has 2 rings (SSSR count). The number of carbonyl (C=O) groups is 1. The fourth-order valence-electron chi connectivity index (χ4n) is 1.55. The van der Waals surface area contributed by atoms with Crippen molar-refractivity contribution < 1.29 is 4.79 Å². The first-order valence-corrected chi connectivity index (χ1v) is 5.39. The molecule has 0 unspecified atom stereocenters. The van der Waals surface area contributed by atoms with E-state index in [2.05, 4.69) is 17.6 Å². The highest BCUT2D eigenvalue weighted by molar-refractivity contribution is 7.97. The zero-order valence-corrected chi connectivity index (χ0v) is 9.74. The molecule has 0 amide bonds. The Morgan fingerprint density at radius 3 is 2.44 bits per heavy atom. The second kappa shape index (κ2) is 4.49. The van der Waals surface area contributed by atoms with Gasteiger partial charge in [0.05, 0.1) is 11.3 Å². The number of rotatable bonds is 2. The van der Waals surface area contributed by atoms with Crippen molar-refractivity contribution in [1.29, 1.82) is 0 Å². The van der Waals surface area contributed by atoms with Crippen LogP contribution in [0.5, 0.6) is 0 Å². The van der Waals surface area contributed by atoms with E-state index in [0.29, 0.717) is 11.3 Å². The smallest absolute Gasteiger partial charge is 0.218 e. The van der Waals surface area contributed by atoms with E-state index < -0.39 is 0 Å². The topological polar surface area (TPSA) is 30.0 Å². The van der Waals surface area contributed by atoms with Crippen LogP contribution >= 0.6 is 12.6 Å². The molecule has 0 bridgehead atoms. The molecule has 0 aliphatic carbocycles. The molecule has 0 N–H and O–H groups in total. The number of aryl methyl sites for hydroxylation is 1. The summed E-state index contributed by atoms with van der Waals surface area (Å²) in [6.07, 6.45) is 0. The van der Waals surface area contributed by atoms with Gasteiger partial charge in [0, 0.05) is 11.3 Å². The maximum Gasteiger partial charge on any atom is 0.218 e. The number of thiol groups is 1. The fraction of sp³-hybridized carbons (Fsp3) is 0.0769.